The minimum Gasteiger partial charge on any atom is -0.147 e. The quantitative estimate of drug-likeness (QED) is 0.275. The van der Waals surface area contributed by atoms with Gasteiger partial charge in [-0.1, -0.05) is 70.8 Å². The van der Waals surface area contributed by atoms with Crippen LogP contribution in [0, 0.1) is 12.1 Å². The predicted octanol–water partition coefficient (Wildman–Crippen LogP) is 6.29. The van der Waals surface area contributed by atoms with E-state index in [1.807, 2.05) is 24.3 Å². The molecule has 0 N–H and O–H groups in total. The molecule has 4 aromatic carbocycles. The summed E-state index contributed by atoms with van der Waals surface area (Å²) in [5.74, 6) is 0. The van der Waals surface area contributed by atoms with Crippen LogP contribution in [0.15, 0.2) is 97.1 Å². The Labute approximate surface area is 162 Å². The van der Waals surface area contributed by atoms with Crippen molar-refractivity contribution in [2.45, 2.75) is 0 Å². The summed E-state index contributed by atoms with van der Waals surface area (Å²) in [5.41, 5.74) is 7.04. The van der Waals surface area contributed by atoms with Crippen molar-refractivity contribution in [1.29, 1.82) is 0 Å². The van der Waals surface area contributed by atoms with Crippen molar-refractivity contribution in [2.75, 3.05) is 0 Å². The SMILES string of the molecule is [Pd+2].[c-]1ccccc1-c1ccccc1-c1ccccc1-c1[c-]cccc1. The molecular formula is C24H16Pd. The van der Waals surface area contributed by atoms with Crippen LogP contribution in [0.5, 0.6) is 0 Å². The molecule has 0 nitrogen and oxygen atoms in total. The maximum absolute atomic E-state index is 3.35. The topological polar surface area (TPSA) is 0 Å². The van der Waals surface area contributed by atoms with Crippen molar-refractivity contribution < 1.29 is 20.4 Å². The van der Waals surface area contributed by atoms with Gasteiger partial charge in [0, 0.05) is 0 Å². The molecule has 4 aromatic rings. The molecule has 0 bridgehead atoms. The molecule has 0 aliphatic heterocycles. The summed E-state index contributed by atoms with van der Waals surface area (Å²) in [6.45, 7) is 0. The Morgan fingerprint density at radius 1 is 0.400 bits per heavy atom. The fraction of sp³-hybridized carbons (Fsp3) is 0. The first-order valence-corrected chi connectivity index (χ1v) is 8.06. The van der Waals surface area contributed by atoms with Crippen LogP contribution in [0.2, 0.25) is 0 Å². The summed E-state index contributed by atoms with van der Waals surface area (Å²) in [6.07, 6.45) is 0. The van der Waals surface area contributed by atoms with Crippen LogP contribution in [0.1, 0.15) is 0 Å². The van der Waals surface area contributed by atoms with Crippen molar-refractivity contribution in [1.82, 2.24) is 0 Å². The van der Waals surface area contributed by atoms with Gasteiger partial charge in [-0.05, 0) is 0 Å². The van der Waals surface area contributed by atoms with E-state index in [2.05, 4.69) is 84.9 Å². The fourth-order valence-corrected chi connectivity index (χ4v) is 3.03. The second-order valence-corrected chi connectivity index (χ2v) is 5.64. The molecule has 0 aromatic heterocycles. The molecule has 0 atom stereocenters. The van der Waals surface area contributed by atoms with Gasteiger partial charge in [0.2, 0.25) is 0 Å². The maximum Gasteiger partial charge on any atom is 2.00 e. The van der Waals surface area contributed by atoms with Gasteiger partial charge in [0.05, 0.1) is 0 Å². The van der Waals surface area contributed by atoms with E-state index in [0.717, 1.165) is 11.1 Å². The zero-order valence-corrected chi connectivity index (χ0v) is 15.1. The van der Waals surface area contributed by atoms with E-state index >= 15 is 0 Å². The summed E-state index contributed by atoms with van der Waals surface area (Å²) in [7, 11) is 0. The second-order valence-electron chi connectivity index (χ2n) is 5.64. The molecule has 0 spiro atoms. The van der Waals surface area contributed by atoms with Gasteiger partial charge in [-0.2, -0.15) is 0 Å². The Hall–Kier alpha value is -2.46. The summed E-state index contributed by atoms with van der Waals surface area (Å²) in [6, 6.07) is 40.0. The smallest absolute Gasteiger partial charge is 0.147 e. The number of rotatable bonds is 3. The summed E-state index contributed by atoms with van der Waals surface area (Å²) in [5, 5.41) is 0. The molecule has 1 heteroatoms. The van der Waals surface area contributed by atoms with E-state index < -0.39 is 0 Å². The largest absolute Gasteiger partial charge is 2.00 e. The van der Waals surface area contributed by atoms with Crippen LogP contribution in [0.3, 0.4) is 0 Å². The van der Waals surface area contributed by atoms with Gasteiger partial charge in [-0.25, -0.2) is 0 Å². The second kappa shape index (κ2) is 8.08. The van der Waals surface area contributed by atoms with Crippen molar-refractivity contribution >= 4 is 0 Å². The van der Waals surface area contributed by atoms with Crippen LogP contribution in [-0.2, 0) is 20.4 Å². The zero-order valence-electron chi connectivity index (χ0n) is 13.6. The molecular weight excluding hydrogens is 395 g/mol. The number of hydrogen-bond acceptors (Lipinski definition) is 0. The Morgan fingerprint density at radius 2 is 0.760 bits per heavy atom. The Morgan fingerprint density at radius 3 is 1.12 bits per heavy atom. The molecule has 0 radical (unpaired) electrons. The van der Waals surface area contributed by atoms with Gasteiger partial charge in [0.15, 0.2) is 0 Å². The van der Waals surface area contributed by atoms with Crippen molar-refractivity contribution in [3.63, 3.8) is 0 Å². The van der Waals surface area contributed by atoms with Crippen molar-refractivity contribution in [3.8, 4) is 33.4 Å². The molecule has 0 unspecified atom stereocenters. The Kier molecular flexibility index (Phi) is 5.61. The Balaban J connectivity index is 0.00000182. The first-order chi connectivity index (χ1) is 11.9. The van der Waals surface area contributed by atoms with Crippen LogP contribution >= 0.6 is 0 Å². The third-order valence-corrected chi connectivity index (χ3v) is 4.14. The van der Waals surface area contributed by atoms with Gasteiger partial charge >= 0.3 is 20.4 Å². The van der Waals surface area contributed by atoms with E-state index in [0.29, 0.717) is 0 Å². The predicted molar refractivity (Wildman–Crippen MR) is 100 cm³/mol. The van der Waals surface area contributed by atoms with E-state index in [1.165, 1.54) is 22.3 Å². The van der Waals surface area contributed by atoms with Crippen molar-refractivity contribution in [3.05, 3.63) is 109 Å². The minimum atomic E-state index is 0. The summed E-state index contributed by atoms with van der Waals surface area (Å²) >= 11 is 0. The number of hydrogen-bond donors (Lipinski definition) is 0. The Bertz CT molecular complexity index is 863. The molecule has 122 valence electrons. The first kappa shape index (κ1) is 17.4. The normalized spacial score (nSPS) is 10.1. The third kappa shape index (κ3) is 3.64. The molecule has 0 amide bonds. The average molecular weight is 411 g/mol. The average Bonchev–Trinajstić information content (AvgIpc) is 2.69. The molecule has 0 saturated heterocycles. The minimum absolute atomic E-state index is 0. The van der Waals surface area contributed by atoms with Crippen LogP contribution in [0.25, 0.3) is 33.4 Å². The van der Waals surface area contributed by atoms with Gasteiger partial charge in [-0.3, -0.25) is 0 Å². The molecule has 0 saturated carbocycles. The standard InChI is InChI=1S/C24H16.Pd/c1-3-11-19(12-4-1)21-15-7-9-17-23(21)24-18-10-8-16-22(24)20-13-5-2-6-14-20;/h1-11,13,15-18H;/q-2;+2. The molecule has 0 heterocycles. The van der Waals surface area contributed by atoms with Gasteiger partial charge in [0.25, 0.3) is 0 Å². The van der Waals surface area contributed by atoms with Gasteiger partial charge in [0.1, 0.15) is 0 Å². The van der Waals surface area contributed by atoms with Crippen LogP contribution in [-0.4, -0.2) is 0 Å². The number of benzene rings is 4. The van der Waals surface area contributed by atoms with E-state index in [-0.39, 0.29) is 20.4 Å². The first-order valence-electron chi connectivity index (χ1n) is 8.06. The van der Waals surface area contributed by atoms with E-state index in [1.54, 1.807) is 0 Å². The summed E-state index contributed by atoms with van der Waals surface area (Å²) < 4.78 is 0. The van der Waals surface area contributed by atoms with E-state index in [9.17, 15) is 0 Å². The van der Waals surface area contributed by atoms with Gasteiger partial charge < -0.3 is 0 Å². The van der Waals surface area contributed by atoms with Crippen LogP contribution < -0.4 is 0 Å². The third-order valence-electron chi connectivity index (χ3n) is 4.14. The molecule has 4 rings (SSSR count). The van der Waals surface area contributed by atoms with Crippen molar-refractivity contribution in [2.24, 2.45) is 0 Å². The molecule has 0 fully saturated rings. The molecule has 0 aliphatic carbocycles. The summed E-state index contributed by atoms with van der Waals surface area (Å²) in [4.78, 5) is 0. The monoisotopic (exact) mass is 410 g/mol. The molecule has 0 aliphatic rings. The van der Waals surface area contributed by atoms with E-state index in [4.69, 9.17) is 0 Å². The zero-order chi connectivity index (χ0) is 16.2. The van der Waals surface area contributed by atoms with Gasteiger partial charge in [-0.15, -0.1) is 71.8 Å². The van der Waals surface area contributed by atoms with Crippen LogP contribution in [0.4, 0.5) is 0 Å². The fourth-order valence-electron chi connectivity index (χ4n) is 3.03. The maximum atomic E-state index is 3.35. The molecule has 25 heavy (non-hydrogen) atoms.